The van der Waals surface area contributed by atoms with Crippen LogP contribution >= 0.6 is 0 Å². The molecule has 1 heterocycles. The van der Waals surface area contributed by atoms with Crippen LogP contribution in [0.25, 0.3) is 0 Å². The quantitative estimate of drug-likeness (QED) is 0.608. The lowest BCUT2D eigenvalue weighted by atomic mass is 9.76. The normalized spacial score (nSPS) is 26.1. The predicted octanol–water partition coefficient (Wildman–Crippen LogP) is 2.08. The number of rotatable bonds is 1. The molecule has 18 heavy (non-hydrogen) atoms. The first-order valence-corrected chi connectivity index (χ1v) is 6.76. The van der Waals surface area contributed by atoms with Gasteiger partial charge in [0.1, 0.15) is 5.75 Å². The number of benzene rings is 1. The number of esters is 1. The Morgan fingerprint density at radius 1 is 1.33 bits per heavy atom. The summed E-state index contributed by atoms with van der Waals surface area (Å²) in [5.41, 5.74) is 2.76. The highest BCUT2D eigenvalue weighted by molar-refractivity contribution is 5.69. The zero-order valence-corrected chi connectivity index (χ0v) is 10.7. The second-order valence-corrected chi connectivity index (χ2v) is 5.40. The van der Waals surface area contributed by atoms with Crippen molar-refractivity contribution in [2.75, 3.05) is 6.54 Å². The van der Waals surface area contributed by atoms with Crippen molar-refractivity contribution >= 4 is 5.97 Å². The molecule has 2 unspecified atom stereocenters. The number of carbonyl (C=O) groups excluding carboxylic acids is 1. The van der Waals surface area contributed by atoms with Crippen molar-refractivity contribution in [1.82, 2.24) is 5.32 Å². The van der Waals surface area contributed by atoms with E-state index in [9.17, 15) is 4.79 Å². The van der Waals surface area contributed by atoms with Crippen LogP contribution in [-0.4, -0.2) is 18.6 Å². The lowest BCUT2D eigenvalue weighted by Gasteiger charge is -2.37. The molecule has 0 bridgehead atoms. The molecule has 3 rings (SSSR count). The molecule has 0 amide bonds. The number of hydrogen-bond acceptors (Lipinski definition) is 3. The highest BCUT2D eigenvalue weighted by Crippen LogP contribution is 2.32. The van der Waals surface area contributed by atoms with Crippen LogP contribution in [0.15, 0.2) is 18.2 Å². The number of hydrogen-bond donors (Lipinski definition) is 1. The van der Waals surface area contributed by atoms with Gasteiger partial charge in [-0.25, -0.2) is 0 Å². The fraction of sp³-hybridized carbons (Fsp3) is 0.533. The van der Waals surface area contributed by atoms with Gasteiger partial charge in [0.25, 0.3) is 0 Å². The van der Waals surface area contributed by atoms with Gasteiger partial charge in [-0.1, -0.05) is 6.07 Å². The Balaban J connectivity index is 1.84. The Hall–Kier alpha value is -1.35. The summed E-state index contributed by atoms with van der Waals surface area (Å²) in [6.07, 6.45) is 4.82. The summed E-state index contributed by atoms with van der Waals surface area (Å²) in [6, 6.07) is 6.70. The highest BCUT2D eigenvalue weighted by Gasteiger charge is 2.30. The lowest BCUT2D eigenvalue weighted by Crippen LogP contribution is -2.45. The van der Waals surface area contributed by atoms with Crippen LogP contribution in [0.5, 0.6) is 5.75 Å². The van der Waals surface area contributed by atoms with Gasteiger partial charge in [0.2, 0.25) is 0 Å². The van der Waals surface area contributed by atoms with E-state index in [1.165, 1.54) is 30.9 Å². The molecule has 2 aliphatic rings. The molecule has 1 fully saturated rings. The summed E-state index contributed by atoms with van der Waals surface area (Å²) in [5, 5.41) is 3.62. The van der Waals surface area contributed by atoms with Crippen molar-refractivity contribution in [2.45, 2.75) is 38.6 Å². The third-order valence-electron chi connectivity index (χ3n) is 4.09. The first-order chi connectivity index (χ1) is 8.72. The minimum absolute atomic E-state index is 0.247. The van der Waals surface area contributed by atoms with E-state index in [-0.39, 0.29) is 5.97 Å². The van der Waals surface area contributed by atoms with Crippen LogP contribution < -0.4 is 10.1 Å². The first kappa shape index (κ1) is 11.7. The average molecular weight is 245 g/mol. The van der Waals surface area contributed by atoms with E-state index in [0.717, 1.165) is 25.3 Å². The molecule has 1 aliphatic heterocycles. The number of ether oxygens (including phenoxy) is 1. The van der Waals surface area contributed by atoms with Crippen LogP contribution in [-0.2, 0) is 17.6 Å². The van der Waals surface area contributed by atoms with Crippen LogP contribution in [0.3, 0.4) is 0 Å². The van der Waals surface area contributed by atoms with Crippen molar-refractivity contribution < 1.29 is 9.53 Å². The molecule has 1 aliphatic carbocycles. The summed E-state index contributed by atoms with van der Waals surface area (Å²) in [6.45, 7) is 2.60. The molecule has 1 aromatic carbocycles. The molecule has 3 nitrogen and oxygen atoms in total. The fourth-order valence-corrected chi connectivity index (χ4v) is 3.24. The maximum atomic E-state index is 11.0. The van der Waals surface area contributed by atoms with Gasteiger partial charge in [-0.2, -0.15) is 0 Å². The third-order valence-corrected chi connectivity index (χ3v) is 4.09. The molecule has 0 aromatic heterocycles. The third kappa shape index (κ3) is 2.27. The second kappa shape index (κ2) is 4.73. The van der Waals surface area contributed by atoms with Crippen molar-refractivity contribution in [3.63, 3.8) is 0 Å². The van der Waals surface area contributed by atoms with Crippen molar-refractivity contribution in [2.24, 2.45) is 5.92 Å². The van der Waals surface area contributed by atoms with Gasteiger partial charge in [-0.3, -0.25) is 4.79 Å². The highest BCUT2D eigenvalue weighted by atomic mass is 16.5. The monoisotopic (exact) mass is 245 g/mol. The Morgan fingerprint density at radius 3 is 3.06 bits per heavy atom. The number of fused-ring (bicyclic) bond motifs is 2. The summed E-state index contributed by atoms with van der Waals surface area (Å²) in [7, 11) is 0. The van der Waals surface area contributed by atoms with E-state index in [2.05, 4.69) is 11.4 Å². The summed E-state index contributed by atoms with van der Waals surface area (Å²) in [4.78, 5) is 11.0. The Bertz CT molecular complexity index is 470. The van der Waals surface area contributed by atoms with Gasteiger partial charge >= 0.3 is 5.97 Å². The van der Waals surface area contributed by atoms with Crippen LogP contribution in [0.2, 0.25) is 0 Å². The minimum atomic E-state index is -0.247. The molecule has 1 N–H and O–H groups in total. The topological polar surface area (TPSA) is 38.3 Å². The average Bonchev–Trinajstić information content (AvgIpc) is 2.35. The summed E-state index contributed by atoms with van der Waals surface area (Å²) in [5.74, 6) is 1.19. The molecule has 0 radical (unpaired) electrons. The molecule has 0 saturated carbocycles. The Morgan fingerprint density at radius 2 is 2.22 bits per heavy atom. The SMILES string of the molecule is CC(=O)Oc1ccc2c(c1)CC1CCCNC1C2. The molecule has 0 spiro atoms. The van der Waals surface area contributed by atoms with Crippen molar-refractivity contribution in [3.05, 3.63) is 29.3 Å². The van der Waals surface area contributed by atoms with E-state index in [0.29, 0.717) is 11.8 Å². The van der Waals surface area contributed by atoms with Gasteiger partial charge in [0.05, 0.1) is 0 Å². The van der Waals surface area contributed by atoms with Gasteiger partial charge in [-0.05, 0) is 61.4 Å². The Labute approximate surface area is 108 Å². The van der Waals surface area contributed by atoms with E-state index >= 15 is 0 Å². The molecule has 1 saturated heterocycles. The molecule has 1 aromatic rings. The van der Waals surface area contributed by atoms with Gasteiger partial charge in [0.15, 0.2) is 0 Å². The largest absolute Gasteiger partial charge is 0.427 e. The lowest BCUT2D eigenvalue weighted by molar-refractivity contribution is -0.131. The number of nitrogens with one attached hydrogen (secondary N) is 1. The molecule has 2 atom stereocenters. The van der Waals surface area contributed by atoms with E-state index in [1.807, 2.05) is 12.1 Å². The molecule has 96 valence electrons. The van der Waals surface area contributed by atoms with Gasteiger partial charge < -0.3 is 10.1 Å². The van der Waals surface area contributed by atoms with E-state index < -0.39 is 0 Å². The number of carbonyl (C=O) groups is 1. The van der Waals surface area contributed by atoms with Gasteiger partial charge in [0, 0.05) is 13.0 Å². The Kier molecular flexibility index (Phi) is 3.08. The van der Waals surface area contributed by atoms with Crippen molar-refractivity contribution in [1.29, 1.82) is 0 Å². The molecular formula is C15H19NO2. The second-order valence-electron chi connectivity index (χ2n) is 5.40. The zero-order chi connectivity index (χ0) is 12.5. The first-order valence-electron chi connectivity index (χ1n) is 6.76. The smallest absolute Gasteiger partial charge is 0.308 e. The zero-order valence-electron chi connectivity index (χ0n) is 10.7. The molecule has 3 heteroatoms. The summed E-state index contributed by atoms with van der Waals surface area (Å²) >= 11 is 0. The number of piperidine rings is 1. The maximum absolute atomic E-state index is 11.0. The standard InChI is InChI=1S/C15H19NO2/c1-10(17)18-14-5-4-11-9-15-12(3-2-6-16-15)7-13(11)8-14/h4-5,8,12,15-16H,2-3,6-7,9H2,1H3. The summed E-state index contributed by atoms with van der Waals surface area (Å²) < 4.78 is 5.16. The van der Waals surface area contributed by atoms with E-state index in [4.69, 9.17) is 4.74 Å². The molecular weight excluding hydrogens is 226 g/mol. The minimum Gasteiger partial charge on any atom is -0.427 e. The van der Waals surface area contributed by atoms with Crippen LogP contribution in [0.4, 0.5) is 0 Å². The van der Waals surface area contributed by atoms with Crippen LogP contribution in [0, 0.1) is 5.92 Å². The van der Waals surface area contributed by atoms with Crippen LogP contribution in [0.1, 0.15) is 30.9 Å². The van der Waals surface area contributed by atoms with E-state index in [1.54, 1.807) is 0 Å². The maximum Gasteiger partial charge on any atom is 0.308 e. The van der Waals surface area contributed by atoms with Crippen molar-refractivity contribution in [3.8, 4) is 5.75 Å². The fourth-order valence-electron chi connectivity index (χ4n) is 3.24. The van der Waals surface area contributed by atoms with Gasteiger partial charge in [-0.15, -0.1) is 0 Å². The predicted molar refractivity (Wildman–Crippen MR) is 69.7 cm³/mol.